The minimum absolute atomic E-state index is 0.0768. The normalized spacial score (nSPS) is 14.0. The van der Waals surface area contributed by atoms with Crippen molar-refractivity contribution in [2.45, 2.75) is 25.3 Å². The molecular formula is C21H21N3OS. The summed E-state index contributed by atoms with van der Waals surface area (Å²) in [5.41, 5.74) is 4.51. The average Bonchev–Trinajstić information content (AvgIpc) is 3.19. The van der Waals surface area contributed by atoms with E-state index in [0.717, 1.165) is 11.3 Å². The van der Waals surface area contributed by atoms with Crippen LogP contribution in [0.4, 0.5) is 0 Å². The van der Waals surface area contributed by atoms with Crippen molar-refractivity contribution >= 4 is 23.3 Å². The molecule has 3 aromatic rings. The van der Waals surface area contributed by atoms with E-state index in [1.165, 1.54) is 24.1 Å². The zero-order chi connectivity index (χ0) is 17.8. The first-order valence-electron chi connectivity index (χ1n) is 8.91. The third-order valence-electron chi connectivity index (χ3n) is 4.47. The fourth-order valence-corrected chi connectivity index (χ4v) is 3.60. The minimum atomic E-state index is -0.0768. The number of nitrogens with zero attached hydrogens (tertiary/aromatic N) is 2. The molecule has 1 saturated carbocycles. The maximum atomic E-state index is 12.0. The summed E-state index contributed by atoms with van der Waals surface area (Å²) in [6, 6.07) is 14.1. The zero-order valence-electron chi connectivity index (χ0n) is 14.5. The number of rotatable bonds is 7. The molecule has 1 aliphatic carbocycles. The molecule has 5 heteroatoms. The highest BCUT2D eigenvalue weighted by molar-refractivity contribution is 7.08. The van der Waals surface area contributed by atoms with Crippen LogP contribution >= 0.6 is 11.3 Å². The van der Waals surface area contributed by atoms with Crippen molar-refractivity contribution in [2.24, 2.45) is 0 Å². The number of hydrogen-bond donors (Lipinski definition) is 1. The third kappa shape index (κ3) is 4.11. The highest BCUT2D eigenvalue weighted by Gasteiger charge is 2.28. The van der Waals surface area contributed by atoms with Crippen LogP contribution in [0, 0.1) is 0 Å². The van der Waals surface area contributed by atoms with Gasteiger partial charge >= 0.3 is 0 Å². The van der Waals surface area contributed by atoms with Gasteiger partial charge < -0.3 is 5.32 Å². The Hall–Kier alpha value is -2.66. The van der Waals surface area contributed by atoms with Gasteiger partial charge in [0.1, 0.15) is 0 Å². The maximum absolute atomic E-state index is 12.0. The molecule has 1 aromatic carbocycles. The Labute approximate surface area is 157 Å². The third-order valence-corrected chi connectivity index (χ3v) is 5.16. The van der Waals surface area contributed by atoms with E-state index in [9.17, 15) is 4.79 Å². The van der Waals surface area contributed by atoms with Crippen LogP contribution < -0.4 is 5.32 Å². The van der Waals surface area contributed by atoms with Gasteiger partial charge in [-0.1, -0.05) is 30.3 Å². The number of amides is 1. The number of hydrogen-bond acceptors (Lipinski definition) is 3. The van der Waals surface area contributed by atoms with Gasteiger partial charge in [-0.25, -0.2) is 0 Å². The number of thiophene rings is 1. The molecule has 0 atom stereocenters. The Kier molecular flexibility index (Phi) is 4.97. The molecule has 0 spiro atoms. The van der Waals surface area contributed by atoms with Gasteiger partial charge in [0.05, 0.1) is 12.2 Å². The largest absolute Gasteiger partial charge is 0.351 e. The van der Waals surface area contributed by atoms with Crippen molar-refractivity contribution in [3.8, 4) is 11.3 Å². The molecule has 1 N–H and O–H groups in total. The number of aromatic nitrogens is 2. The standard InChI is InChI=1S/C21H21N3OS/c25-21(9-6-16-4-2-1-3-5-16)22-11-12-24-20(17-7-8-17)14-19(23-24)18-10-13-26-15-18/h1-6,9-10,13-15,17H,7-8,11-12H2,(H,22,25). The fourth-order valence-electron chi connectivity index (χ4n) is 2.95. The summed E-state index contributed by atoms with van der Waals surface area (Å²) in [5, 5.41) is 11.9. The summed E-state index contributed by atoms with van der Waals surface area (Å²) in [7, 11) is 0. The summed E-state index contributed by atoms with van der Waals surface area (Å²) in [5.74, 6) is 0.551. The molecule has 0 saturated heterocycles. The van der Waals surface area contributed by atoms with Gasteiger partial charge in [0.25, 0.3) is 0 Å². The molecule has 1 amide bonds. The fraction of sp³-hybridized carbons (Fsp3) is 0.238. The number of carbonyl (C=O) groups excluding carboxylic acids is 1. The molecule has 132 valence electrons. The second-order valence-electron chi connectivity index (χ2n) is 6.50. The van der Waals surface area contributed by atoms with E-state index < -0.39 is 0 Å². The number of carbonyl (C=O) groups is 1. The Morgan fingerprint density at radius 1 is 1.27 bits per heavy atom. The average molecular weight is 363 g/mol. The van der Waals surface area contributed by atoms with Crippen molar-refractivity contribution in [3.05, 3.63) is 70.6 Å². The summed E-state index contributed by atoms with van der Waals surface area (Å²) < 4.78 is 2.06. The Bertz CT molecular complexity index is 893. The van der Waals surface area contributed by atoms with Gasteiger partial charge in [-0.05, 0) is 42.0 Å². The number of nitrogens with one attached hydrogen (secondary N) is 1. The van der Waals surface area contributed by atoms with Gasteiger partial charge in [-0.2, -0.15) is 16.4 Å². The molecule has 4 rings (SSSR count). The molecule has 4 nitrogen and oxygen atoms in total. The molecule has 0 unspecified atom stereocenters. The summed E-state index contributed by atoms with van der Waals surface area (Å²) in [6.07, 6.45) is 5.88. The Morgan fingerprint density at radius 2 is 2.12 bits per heavy atom. The molecule has 1 aliphatic rings. The van der Waals surface area contributed by atoms with Gasteiger partial charge in [-0.15, -0.1) is 0 Å². The van der Waals surface area contributed by atoms with Crippen molar-refractivity contribution in [1.29, 1.82) is 0 Å². The first-order valence-corrected chi connectivity index (χ1v) is 9.85. The highest BCUT2D eigenvalue weighted by Crippen LogP contribution is 2.41. The maximum Gasteiger partial charge on any atom is 0.244 e. The monoisotopic (exact) mass is 363 g/mol. The zero-order valence-corrected chi connectivity index (χ0v) is 15.3. The van der Waals surface area contributed by atoms with Gasteiger partial charge in [0.15, 0.2) is 0 Å². The topological polar surface area (TPSA) is 46.9 Å². The lowest BCUT2D eigenvalue weighted by Gasteiger charge is -2.07. The smallest absolute Gasteiger partial charge is 0.244 e. The van der Waals surface area contributed by atoms with Crippen LogP contribution in [0.25, 0.3) is 17.3 Å². The lowest BCUT2D eigenvalue weighted by atomic mass is 10.2. The molecule has 0 radical (unpaired) electrons. The van der Waals surface area contributed by atoms with Crippen molar-refractivity contribution in [3.63, 3.8) is 0 Å². The van der Waals surface area contributed by atoms with Crippen molar-refractivity contribution < 1.29 is 4.79 Å². The molecule has 26 heavy (non-hydrogen) atoms. The summed E-state index contributed by atoms with van der Waals surface area (Å²) in [6.45, 7) is 1.27. The van der Waals surface area contributed by atoms with Crippen LogP contribution in [0.2, 0.25) is 0 Å². The lowest BCUT2D eigenvalue weighted by molar-refractivity contribution is -0.116. The Balaban J connectivity index is 1.36. The van der Waals surface area contributed by atoms with Gasteiger partial charge in [0, 0.05) is 35.2 Å². The highest BCUT2D eigenvalue weighted by atomic mass is 32.1. The van der Waals surface area contributed by atoms with E-state index in [-0.39, 0.29) is 5.91 Å². The van der Waals surface area contributed by atoms with E-state index >= 15 is 0 Å². The predicted octanol–water partition coefficient (Wildman–Crippen LogP) is 4.32. The molecule has 1 fully saturated rings. The summed E-state index contributed by atoms with van der Waals surface area (Å²) in [4.78, 5) is 12.0. The van der Waals surface area contributed by atoms with E-state index in [2.05, 4.69) is 32.9 Å². The van der Waals surface area contributed by atoms with E-state index in [4.69, 9.17) is 5.10 Å². The van der Waals surface area contributed by atoms with Gasteiger partial charge in [-0.3, -0.25) is 9.48 Å². The SMILES string of the molecule is O=C(C=Cc1ccccc1)NCCn1nc(-c2ccsc2)cc1C1CC1. The number of benzene rings is 1. The van der Waals surface area contributed by atoms with E-state index in [1.807, 2.05) is 36.4 Å². The molecule has 2 heterocycles. The minimum Gasteiger partial charge on any atom is -0.351 e. The second-order valence-corrected chi connectivity index (χ2v) is 7.28. The van der Waals surface area contributed by atoms with Gasteiger partial charge in [0.2, 0.25) is 5.91 Å². The quantitative estimate of drug-likeness (QED) is 0.636. The van der Waals surface area contributed by atoms with E-state index in [1.54, 1.807) is 17.4 Å². The van der Waals surface area contributed by atoms with Crippen molar-refractivity contribution in [2.75, 3.05) is 6.54 Å². The van der Waals surface area contributed by atoms with E-state index in [0.29, 0.717) is 19.0 Å². The second kappa shape index (κ2) is 7.70. The Morgan fingerprint density at radius 3 is 2.85 bits per heavy atom. The molecule has 0 aliphatic heterocycles. The van der Waals surface area contributed by atoms with Crippen LogP contribution in [0.5, 0.6) is 0 Å². The first-order chi connectivity index (χ1) is 12.8. The van der Waals surface area contributed by atoms with Crippen LogP contribution in [-0.4, -0.2) is 22.2 Å². The summed E-state index contributed by atoms with van der Waals surface area (Å²) >= 11 is 1.69. The van der Waals surface area contributed by atoms with Crippen LogP contribution in [0.3, 0.4) is 0 Å². The molecule has 0 bridgehead atoms. The molecule has 2 aromatic heterocycles. The predicted molar refractivity (Wildman–Crippen MR) is 106 cm³/mol. The van der Waals surface area contributed by atoms with Crippen molar-refractivity contribution in [1.82, 2.24) is 15.1 Å². The van der Waals surface area contributed by atoms with Crippen LogP contribution in [0.1, 0.15) is 30.0 Å². The van der Waals surface area contributed by atoms with Crippen LogP contribution in [0.15, 0.2) is 59.3 Å². The van der Waals surface area contributed by atoms with Crippen LogP contribution in [-0.2, 0) is 11.3 Å². The lowest BCUT2D eigenvalue weighted by Crippen LogP contribution is -2.26. The molecular weight excluding hydrogens is 342 g/mol. The first kappa shape index (κ1) is 16.8.